The fourth-order valence-electron chi connectivity index (χ4n) is 1.11. The molecular weight excluding hydrogens is 214 g/mol. The van der Waals surface area contributed by atoms with Gasteiger partial charge in [0.1, 0.15) is 0 Å². The van der Waals surface area contributed by atoms with E-state index in [1.165, 1.54) is 11.8 Å². The lowest BCUT2D eigenvalue weighted by Crippen LogP contribution is -2.36. The molecule has 2 atom stereocenters. The number of hydrogen-bond acceptors (Lipinski definition) is 3. The Kier molecular flexibility index (Phi) is 6.40. The molecule has 0 fully saturated rings. The molecule has 0 aliphatic carbocycles. The van der Waals surface area contributed by atoms with Crippen LogP contribution < -0.4 is 5.32 Å². The van der Waals surface area contributed by atoms with Crippen LogP contribution >= 0.6 is 11.8 Å². The molecule has 0 saturated heterocycles. The van der Waals surface area contributed by atoms with Crippen LogP contribution in [0.3, 0.4) is 0 Å². The Bertz CT molecular complexity index is 231. The predicted molar refractivity (Wildman–Crippen MR) is 62.0 cm³/mol. The van der Waals surface area contributed by atoms with Crippen LogP contribution in [0, 0.1) is 0 Å². The third kappa shape index (κ3) is 7.25. The summed E-state index contributed by atoms with van der Waals surface area (Å²) in [6.45, 7) is 7.41. The number of amides is 1. The van der Waals surface area contributed by atoms with Crippen molar-refractivity contribution in [2.45, 2.75) is 50.7 Å². The highest BCUT2D eigenvalue weighted by atomic mass is 32.2. The van der Waals surface area contributed by atoms with Crippen molar-refractivity contribution in [3.63, 3.8) is 0 Å². The summed E-state index contributed by atoms with van der Waals surface area (Å²) < 4.78 is 0. The molecule has 0 aromatic carbocycles. The first-order valence-electron chi connectivity index (χ1n) is 5.00. The van der Waals surface area contributed by atoms with Crippen LogP contribution in [0.1, 0.15) is 34.1 Å². The second kappa shape index (κ2) is 6.71. The quantitative estimate of drug-likeness (QED) is 0.729. The van der Waals surface area contributed by atoms with Gasteiger partial charge in [-0.05, 0) is 20.8 Å². The van der Waals surface area contributed by atoms with Gasteiger partial charge in [0.25, 0.3) is 0 Å². The molecule has 4 nitrogen and oxygen atoms in total. The van der Waals surface area contributed by atoms with Gasteiger partial charge in [-0.15, -0.1) is 11.8 Å². The molecule has 0 aromatic rings. The van der Waals surface area contributed by atoms with Gasteiger partial charge in [-0.3, -0.25) is 9.59 Å². The number of carbonyl (C=O) groups is 2. The first-order valence-corrected chi connectivity index (χ1v) is 5.94. The number of carbonyl (C=O) groups excluding carboxylic acids is 1. The predicted octanol–water partition coefficient (Wildman–Crippen LogP) is 1.50. The zero-order valence-electron chi connectivity index (χ0n) is 9.61. The smallest absolute Gasteiger partial charge is 0.304 e. The Balaban J connectivity index is 3.95. The largest absolute Gasteiger partial charge is 0.481 e. The average Bonchev–Trinajstić information content (AvgIpc) is 2.00. The normalized spacial score (nSPS) is 14.7. The monoisotopic (exact) mass is 233 g/mol. The van der Waals surface area contributed by atoms with Crippen molar-refractivity contribution < 1.29 is 14.7 Å². The van der Waals surface area contributed by atoms with Crippen LogP contribution in [0.5, 0.6) is 0 Å². The Morgan fingerprint density at radius 3 is 2.20 bits per heavy atom. The van der Waals surface area contributed by atoms with Crippen LogP contribution in [0.15, 0.2) is 0 Å². The molecule has 0 aliphatic heterocycles. The number of carboxylic acids is 1. The number of aliphatic carboxylic acids is 1. The van der Waals surface area contributed by atoms with E-state index in [-0.39, 0.29) is 28.9 Å². The fraction of sp³-hybridized carbons (Fsp3) is 0.800. The minimum atomic E-state index is -0.827. The summed E-state index contributed by atoms with van der Waals surface area (Å²) in [5.41, 5.74) is 0. The van der Waals surface area contributed by atoms with Crippen molar-refractivity contribution in [1.29, 1.82) is 0 Å². The van der Waals surface area contributed by atoms with Gasteiger partial charge >= 0.3 is 5.97 Å². The summed E-state index contributed by atoms with van der Waals surface area (Å²) in [5.74, 6) is -0.862. The maximum atomic E-state index is 11.5. The standard InChI is InChI=1S/C10H19NO3S/c1-6(2)11-10(14)8(4)15-7(3)5-9(12)13/h6-8H,5H2,1-4H3,(H,11,14)(H,12,13). The molecule has 2 N–H and O–H groups in total. The number of nitrogens with one attached hydrogen (secondary N) is 1. The molecule has 5 heteroatoms. The number of thioether (sulfide) groups is 1. The average molecular weight is 233 g/mol. The van der Waals surface area contributed by atoms with Crippen molar-refractivity contribution >= 4 is 23.6 Å². The Hall–Kier alpha value is -0.710. The van der Waals surface area contributed by atoms with E-state index >= 15 is 0 Å². The molecule has 0 saturated carbocycles. The van der Waals surface area contributed by atoms with E-state index in [4.69, 9.17) is 5.11 Å². The van der Waals surface area contributed by atoms with Gasteiger partial charge in [0.15, 0.2) is 0 Å². The highest BCUT2D eigenvalue weighted by Crippen LogP contribution is 2.20. The minimum absolute atomic E-state index is 0.0350. The number of carboxylic acid groups (broad SMARTS) is 1. The van der Waals surface area contributed by atoms with E-state index in [0.717, 1.165) is 0 Å². The number of rotatable bonds is 6. The maximum Gasteiger partial charge on any atom is 0.304 e. The Morgan fingerprint density at radius 1 is 1.27 bits per heavy atom. The van der Waals surface area contributed by atoms with Crippen molar-refractivity contribution in [2.24, 2.45) is 0 Å². The lowest BCUT2D eigenvalue weighted by atomic mass is 10.3. The van der Waals surface area contributed by atoms with Gasteiger partial charge in [-0.1, -0.05) is 6.92 Å². The van der Waals surface area contributed by atoms with Gasteiger partial charge in [0.2, 0.25) is 5.91 Å². The third-order valence-corrected chi connectivity index (χ3v) is 2.95. The lowest BCUT2D eigenvalue weighted by molar-refractivity contribution is -0.137. The fourth-order valence-corrected chi connectivity index (χ4v) is 2.23. The molecule has 15 heavy (non-hydrogen) atoms. The number of hydrogen-bond donors (Lipinski definition) is 2. The highest BCUT2D eigenvalue weighted by Gasteiger charge is 2.18. The molecule has 0 bridgehead atoms. The second-order valence-corrected chi connectivity index (χ2v) is 5.63. The lowest BCUT2D eigenvalue weighted by Gasteiger charge is -2.17. The topological polar surface area (TPSA) is 66.4 Å². The molecule has 0 heterocycles. The summed E-state index contributed by atoms with van der Waals surface area (Å²) in [6, 6.07) is 0.121. The summed E-state index contributed by atoms with van der Waals surface area (Å²) in [5, 5.41) is 11.1. The zero-order chi connectivity index (χ0) is 12.0. The molecule has 0 aliphatic rings. The molecule has 0 radical (unpaired) electrons. The summed E-state index contributed by atoms with van der Waals surface area (Å²) in [4.78, 5) is 21.9. The van der Waals surface area contributed by atoms with E-state index in [1.807, 2.05) is 20.8 Å². The van der Waals surface area contributed by atoms with Crippen molar-refractivity contribution in [3.8, 4) is 0 Å². The first kappa shape index (κ1) is 14.3. The third-order valence-electron chi connectivity index (χ3n) is 1.70. The second-order valence-electron chi connectivity index (χ2n) is 3.85. The van der Waals surface area contributed by atoms with E-state index < -0.39 is 5.97 Å². The molecule has 88 valence electrons. The molecular formula is C10H19NO3S. The zero-order valence-corrected chi connectivity index (χ0v) is 10.4. The van der Waals surface area contributed by atoms with Crippen LogP contribution in [-0.2, 0) is 9.59 Å². The summed E-state index contributed by atoms with van der Waals surface area (Å²) >= 11 is 1.39. The van der Waals surface area contributed by atoms with E-state index in [0.29, 0.717) is 0 Å². The van der Waals surface area contributed by atoms with Crippen LogP contribution in [0.25, 0.3) is 0 Å². The van der Waals surface area contributed by atoms with Gasteiger partial charge in [0.05, 0.1) is 11.7 Å². The van der Waals surface area contributed by atoms with Gasteiger partial charge in [-0.2, -0.15) is 0 Å². The van der Waals surface area contributed by atoms with Crippen LogP contribution in [-0.4, -0.2) is 33.5 Å². The molecule has 0 aromatic heterocycles. The van der Waals surface area contributed by atoms with Gasteiger partial charge in [-0.25, -0.2) is 0 Å². The molecule has 0 spiro atoms. The molecule has 1 amide bonds. The van der Waals surface area contributed by atoms with Gasteiger partial charge < -0.3 is 10.4 Å². The maximum absolute atomic E-state index is 11.5. The van der Waals surface area contributed by atoms with E-state index in [1.54, 1.807) is 6.92 Å². The van der Waals surface area contributed by atoms with Crippen molar-refractivity contribution in [3.05, 3.63) is 0 Å². The molecule has 0 rings (SSSR count). The summed E-state index contributed by atoms with van der Waals surface area (Å²) in [7, 11) is 0. The van der Waals surface area contributed by atoms with Crippen LogP contribution in [0.2, 0.25) is 0 Å². The minimum Gasteiger partial charge on any atom is -0.481 e. The van der Waals surface area contributed by atoms with Crippen molar-refractivity contribution in [1.82, 2.24) is 5.32 Å². The first-order chi connectivity index (χ1) is 6.82. The molecule has 2 unspecified atom stereocenters. The SMILES string of the molecule is CC(C)NC(=O)C(C)SC(C)CC(=O)O. The van der Waals surface area contributed by atoms with Crippen molar-refractivity contribution in [2.75, 3.05) is 0 Å². The summed E-state index contributed by atoms with van der Waals surface area (Å²) in [6.07, 6.45) is 0.0873. The van der Waals surface area contributed by atoms with Crippen LogP contribution in [0.4, 0.5) is 0 Å². The van der Waals surface area contributed by atoms with Gasteiger partial charge in [0, 0.05) is 11.3 Å². The Morgan fingerprint density at radius 2 is 1.80 bits per heavy atom. The Labute approximate surface area is 94.8 Å². The van der Waals surface area contributed by atoms with E-state index in [9.17, 15) is 9.59 Å². The highest BCUT2D eigenvalue weighted by molar-refractivity contribution is 8.01. The van der Waals surface area contributed by atoms with E-state index in [2.05, 4.69) is 5.32 Å².